The second-order valence-electron chi connectivity index (χ2n) is 5.06. The zero-order valence-electron chi connectivity index (χ0n) is 10.5. The molecule has 0 amide bonds. The van der Waals surface area contributed by atoms with E-state index in [4.69, 9.17) is 4.74 Å². The van der Waals surface area contributed by atoms with Gasteiger partial charge in [0.25, 0.3) is 0 Å². The molecule has 4 heteroatoms. The van der Waals surface area contributed by atoms with E-state index in [1.807, 2.05) is 20.8 Å². The third-order valence-corrected chi connectivity index (χ3v) is 3.93. The van der Waals surface area contributed by atoms with Crippen molar-refractivity contribution in [2.24, 2.45) is 10.3 Å². The summed E-state index contributed by atoms with van der Waals surface area (Å²) in [5, 5.41) is 0. The third-order valence-electron chi connectivity index (χ3n) is 2.51. The Hall–Kier alpha value is -0.640. The number of allylic oxidation sites excluding steroid dienone is 2. The number of hydrogen-bond donors (Lipinski definition) is 0. The predicted octanol–water partition coefficient (Wildman–Crippen LogP) is 2.85. The van der Waals surface area contributed by atoms with Crippen LogP contribution in [0.3, 0.4) is 0 Å². The molecule has 3 nitrogen and oxygen atoms in total. The Morgan fingerprint density at radius 1 is 1.44 bits per heavy atom. The van der Waals surface area contributed by atoms with E-state index < -0.39 is 11.0 Å². The lowest BCUT2D eigenvalue weighted by molar-refractivity contribution is 0.376. The largest absolute Gasteiger partial charge is 0.484 e. The van der Waals surface area contributed by atoms with E-state index in [9.17, 15) is 4.21 Å². The van der Waals surface area contributed by atoms with Crippen molar-refractivity contribution in [2.75, 3.05) is 7.11 Å². The van der Waals surface area contributed by atoms with Crippen molar-refractivity contribution >= 4 is 16.9 Å². The fourth-order valence-corrected chi connectivity index (χ4v) is 2.08. The summed E-state index contributed by atoms with van der Waals surface area (Å²) in [6.07, 6.45) is 7.29. The second kappa shape index (κ2) is 5.62. The molecule has 1 atom stereocenters. The van der Waals surface area contributed by atoms with Gasteiger partial charge in [0.15, 0.2) is 5.90 Å². The molecule has 0 saturated carbocycles. The van der Waals surface area contributed by atoms with Crippen LogP contribution in [0.15, 0.2) is 16.5 Å². The molecule has 1 aliphatic rings. The maximum atomic E-state index is 11.8. The second-order valence-corrected chi connectivity index (χ2v) is 6.97. The molecular formula is C12H21NO2S. The Labute approximate surface area is 101 Å². The van der Waals surface area contributed by atoms with Gasteiger partial charge in [-0.3, -0.25) is 0 Å². The van der Waals surface area contributed by atoms with Gasteiger partial charge in [-0.1, -0.05) is 12.2 Å². The molecule has 92 valence electrons. The summed E-state index contributed by atoms with van der Waals surface area (Å²) in [7, 11) is 0.374. The first-order valence-corrected chi connectivity index (χ1v) is 6.72. The SMILES string of the molecule is CO/C(CC1CC=CC1)=N\S(=O)C(C)(C)C. The van der Waals surface area contributed by atoms with Gasteiger partial charge >= 0.3 is 0 Å². The van der Waals surface area contributed by atoms with Crippen LogP contribution in [0.4, 0.5) is 0 Å². The minimum Gasteiger partial charge on any atom is -0.484 e. The van der Waals surface area contributed by atoms with E-state index in [1.54, 1.807) is 7.11 Å². The highest BCUT2D eigenvalue weighted by Gasteiger charge is 2.21. The maximum absolute atomic E-state index is 11.8. The predicted molar refractivity (Wildman–Crippen MR) is 68.8 cm³/mol. The zero-order chi connectivity index (χ0) is 12.2. The van der Waals surface area contributed by atoms with Crippen molar-refractivity contribution in [1.82, 2.24) is 0 Å². The lowest BCUT2D eigenvalue weighted by atomic mass is 10.0. The zero-order valence-corrected chi connectivity index (χ0v) is 11.3. The van der Waals surface area contributed by atoms with Crippen LogP contribution < -0.4 is 0 Å². The molecule has 1 unspecified atom stereocenters. The van der Waals surface area contributed by atoms with Crippen molar-refractivity contribution in [3.8, 4) is 0 Å². The van der Waals surface area contributed by atoms with Gasteiger partial charge in [0.05, 0.1) is 11.9 Å². The number of rotatable bonds is 3. The standard InChI is InChI=1S/C12H21NO2S/c1-12(2,3)16(14)13-11(15-4)9-10-7-5-6-8-10/h5-6,10H,7-9H2,1-4H3/b13-11-. The monoisotopic (exact) mass is 243 g/mol. The molecule has 0 aliphatic heterocycles. The highest BCUT2D eigenvalue weighted by Crippen LogP contribution is 2.22. The van der Waals surface area contributed by atoms with Gasteiger partial charge in [-0.15, -0.1) is 0 Å². The number of ether oxygens (including phenoxy) is 1. The molecular weight excluding hydrogens is 222 g/mol. The van der Waals surface area contributed by atoms with Crippen molar-refractivity contribution < 1.29 is 8.95 Å². The van der Waals surface area contributed by atoms with Gasteiger partial charge in [-0.2, -0.15) is 4.40 Å². The van der Waals surface area contributed by atoms with Crippen LogP contribution in [0.2, 0.25) is 0 Å². The molecule has 0 spiro atoms. The molecule has 1 rings (SSSR count). The highest BCUT2D eigenvalue weighted by molar-refractivity contribution is 7.85. The van der Waals surface area contributed by atoms with Crippen molar-refractivity contribution in [3.63, 3.8) is 0 Å². The Balaban J connectivity index is 2.59. The number of methoxy groups -OCH3 is 1. The van der Waals surface area contributed by atoms with Crippen LogP contribution >= 0.6 is 0 Å². The molecule has 0 radical (unpaired) electrons. The average Bonchev–Trinajstić information content (AvgIpc) is 2.67. The molecule has 0 bridgehead atoms. The lowest BCUT2D eigenvalue weighted by Crippen LogP contribution is -2.22. The summed E-state index contributed by atoms with van der Waals surface area (Å²) in [6, 6.07) is 0. The van der Waals surface area contributed by atoms with E-state index in [2.05, 4.69) is 16.5 Å². The molecule has 0 heterocycles. The average molecular weight is 243 g/mol. The summed E-state index contributed by atoms with van der Waals surface area (Å²) >= 11 is 0. The lowest BCUT2D eigenvalue weighted by Gasteiger charge is -2.15. The minimum absolute atomic E-state index is 0.322. The van der Waals surface area contributed by atoms with E-state index >= 15 is 0 Å². The highest BCUT2D eigenvalue weighted by atomic mass is 32.2. The smallest absolute Gasteiger partial charge is 0.197 e. The Kier molecular flexibility index (Phi) is 4.71. The van der Waals surface area contributed by atoms with Crippen LogP contribution in [-0.4, -0.2) is 22.0 Å². The van der Waals surface area contributed by atoms with E-state index in [-0.39, 0.29) is 4.75 Å². The summed E-state index contributed by atoms with van der Waals surface area (Å²) < 4.78 is 20.9. The molecule has 1 aliphatic carbocycles. The fourth-order valence-electron chi connectivity index (χ4n) is 1.47. The fraction of sp³-hybridized carbons (Fsp3) is 0.750. The molecule has 0 aromatic carbocycles. The van der Waals surface area contributed by atoms with E-state index in [0.717, 1.165) is 19.3 Å². The normalized spacial score (nSPS) is 20.1. The Morgan fingerprint density at radius 3 is 2.44 bits per heavy atom. The summed E-state index contributed by atoms with van der Waals surface area (Å²) in [4.78, 5) is 0. The number of hydrogen-bond acceptors (Lipinski definition) is 2. The van der Waals surface area contributed by atoms with Gasteiger partial charge in [0.1, 0.15) is 11.0 Å². The topological polar surface area (TPSA) is 38.7 Å². The molecule has 16 heavy (non-hydrogen) atoms. The van der Waals surface area contributed by atoms with Gasteiger partial charge in [0, 0.05) is 6.42 Å². The maximum Gasteiger partial charge on any atom is 0.197 e. The van der Waals surface area contributed by atoms with E-state index in [0.29, 0.717) is 11.8 Å². The van der Waals surface area contributed by atoms with Gasteiger partial charge in [-0.25, -0.2) is 4.21 Å². The van der Waals surface area contributed by atoms with Gasteiger partial charge in [0.2, 0.25) is 0 Å². The van der Waals surface area contributed by atoms with Crippen LogP contribution in [-0.2, 0) is 15.7 Å². The number of nitrogens with zero attached hydrogens (tertiary/aromatic N) is 1. The molecule has 0 aromatic heterocycles. The molecule has 0 saturated heterocycles. The van der Waals surface area contributed by atoms with Crippen LogP contribution in [0, 0.1) is 5.92 Å². The first-order valence-electron chi connectivity index (χ1n) is 5.62. The third kappa shape index (κ3) is 4.08. The van der Waals surface area contributed by atoms with Crippen molar-refractivity contribution in [2.45, 2.75) is 44.8 Å². The van der Waals surface area contributed by atoms with E-state index in [1.165, 1.54) is 0 Å². The Morgan fingerprint density at radius 2 is 2.00 bits per heavy atom. The molecule has 0 N–H and O–H groups in total. The minimum atomic E-state index is -1.22. The summed E-state index contributed by atoms with van der Waals surface area (Å²) in [5.41, 5.74) is 0. The summed E-state index contributed by atoms with van der Waals surface area (Å²) in [6.45, 7) is 5.74. The summed E-state index contributed by atoms with van der Waals surface area (Å²) in [5.74, 6) is 1.18. The van der Waals surface area contributed by atoms with Crippen LogP contribution in [0.1, 0.15) is 40.0 Å². The molecule has 0 fully saturated rings. The van der Waals surface area contributed by atoms with Crippen LogP contribution in [0.5, 0.6) is 0 Å². The first kappa shape index (κ1) is 13.4. The molecule has 0 aromatic rings. The Bertz CT molecular complexity index is 307. The van der Waals surface area contributed by atoms with Crippen molar-refractivity contribution in [3.05, 3.63) is 12.2 Å². The first-order chi connectivity index (χ1) is 7.43. The van der Waals surface area contributed by atoms with Crippen molar-refractivity contribution in [1.29, 1.82) is 0 Å². The van der Waals surface area contributed by atoms with Gasteiger partial charge < -0.3 is 4.74 Å². The van der Waals surface area contributed by atoms with Crippen LogP contribution in [0.25, 0.3) is 0 Å². The van der Waals surface area contributed by atoms with Gasteiger partial charge in [-0.05, 0) is 39.5 Å². The quantitative estimate of drug-likeness (QED) is 0.434.